The van der Waals surface area contributed by atoms with Crippen molar-refractivity contribution in [1.82, 2.24) is 10.2 Å². The van der Waals surface area contributed by atoms with Crippen LogP contribution in [0.25, 0.3) is 0 Å². The summed E-state index contributed by atoms with van der Waals surface area (Å²) in [7, 11) is 3.38. The molecule has 0 aliphatic carbocycles. The predicted octanol–water partition coefficient (Wildman–Crippen LogP) is -0.419. The number of nitrogens with zero attached hydrogens (tertiary/aromatic N) is 1. The second-order valence-corrected chi connectivity index (χ2v) is 12.2. The molecule has 0 radical (unpaired) electrons. The molecule has 2 aliphatic rings. The average molecular weight is 657 g/mol. The number of carboxylic acids is 1. The van der Waals surface area contributed by atoms with Gasteiger partial charge in [-0.15, -0.1) is 0 Å². The van der Waals surface area contributed by atoms with E-state index >= 15 is 0 Å². The van der Waals surface area contributed by atoms with Crippen molar-refractivity contribution < 1.29 is 59.5 Å². The number of carboxylic acid groups (broad SMARTS) is 1. The molecule has 2 fully saturated rings. The summed E-state index contributed by atoms with van der Waals surface area (Å²) in [6, 6.07) is -1.15. The van der Waals surface area contributed by atoms with E-state index in [2.05, 4.69) is 11.9 Å². The molecule has 14 nitrogen and oxygen atoms in total. The number of nitrogens with one attached hydrogen (secondary N) is 1. The molecule has 0 bridgehead atoms. The molecule has 0 spiro atoms. The van der Waals surface area contributed by atoms with Gasteiger partial charge in [-0.25, -0.2) is 0 Å². The minimum absolute atomic E-state index is 0.00162. The minimum Gasteiger partial charge on any atom is -0.481 e. The summed E-state index contributed by atoms with van der Waals surface area (Å²) in [4.78, 5) is 26.3. The Labute approximate surface area is 270 Å². The van der Waals surface area contributed by atoms with E-state index in [9.17, 15) is 45.3 Å². The topological polar surface area (TPSA) is 219 Å². The Morgan fingerprint density at radius 2 is 1.74 bits per heavy atom. The summed E-state index contributed by atoms with van der Waals surface area (Å²) in [5, 5.41) is 76.9. The number of hydrogen-bond donors (Lipinski definition) is 8. The first kappa shape index (κ1) is 39.7. The lowest BCUT2D eigenvalue weighted by atomic mass is 9.83. The first-order chi connectivity index (χ1) is 21.6. The first-order valence-electron chi connectivity index (χ1n) is 15.5. The zero-order valence-electron chi connectivity index (χ0n) is 27.0. The number of hydrogen-bond acceptors (Lipinski definition) is 12. The second-order valence-electron chi connectivity index (χ2n) is 12.2. The number of aliphatic hydroxyl groups is 6. The number of rotatable bonds is 17. The molecular weight excluding hydrogens is 604 g/mol. The average Bonchev–Trinajstić information content (AvgIpc) is 2.94. The number of allylic oxidation sites excluding steroid dienone is 6. The van der Waals surface area contributed by atoms with Gasteiger partial charge in [-0.2, -0.15) is 0 Å². The molecule has 46 heavy (non-hydrogen) atoms. The molecule has 262 valence electrons. The molecule has 2 heterocycles. The summed E-state index contributed by atoms with van der Waals surface area (Å²) in [5.74, 6) is -5.43. The Bertz CT molecular complexity index is 1070. The van der Waals surface area contributed by atoms with Gasteiger partial charge in [0.2, 0.25) is 5.91 Å². The molecule has 2 aliphatic heterocycles. The molecule has 0 aromatic rings. The van der Waals surface area contributed by atoms with Crippen LogP contribution in [0.2, 0.25) is 0 Å². The fraction of sp³-hybridized carbons (Fsp3) is 0.688. The summed E-state index contributed by atoms with van der Waals surface area (Å²) in [6.07, 6.45) is -0.370. The van der Waals surface area contributed by atoms with Crippen LogP contribution in [0.4, 0.5) is 0 Å². The van der Waals surface area contributed by atoms with Gasteiger partial charge < -0.3 is 60.2 Å². The fourth-order valence-corrected chi connectivity index (χ4v) is 5.56. The van der Waals surface area contributed by atoms with E-state index in [0.717, 1.165) is 0 Å². The van der Waals surface area contributed by atoms with E-state index in [1.165, 1.54) is 0 Å². The molecule has 1 amide bonds. The molecule has 14 heteroatoms. The Morgan fingerprint density at radius 3 is 2.35 bits per heavy atom. The Hall–Kier alpha value is -2.50. The van der Waals surface area contributed by atoms with Crippen molar-refractivity contribution in [2.75, 3.05) is 20.6 Å². The number of aliphatic carboxylic acids is 1. The van der Waals surface area contributed by atoms with Gasteiger partial charge in [0.05, 0.1) is 49.2 Å². The van der Waals surface area contributed by atoms with Crippen LogP contribution in [-0.2, 0) is 23.8 Å². The van der Waals surface area contributed by atoms with Gasteiger partial charge >= 0.3 is 5.97 Å². The summed E-state index contributed by atoms with van der Waals surface area (Å²) >= 11 is 0. The maximum absolute atomic E-state index is 12.5. The maximum atomic E-state index is 12.5. The smallest absolute Gasteiger partial charge is 0.311 e. The molecule has 2 saturated heterocycles. The third-order valence-corrected chi connectivity index (χ3v) is 7.88. The van der Waals surface area contributed by atoms with Gasteiger partial charge in [-0.3, -0.25) is 9.59 Å². The Balaban J connectivity index is 2.36. The number of carbonyl (C=O) groups excluding carboxylic acids is 1. The lowest BCUT2D eigenvalue weighted by Gasteiger charge is -2.45. The summed E-state index contributed by atoms with van der Waals surface area (Å²) in [6.45, 7) is 6.87. The quantitative estimate of drug-likeness (QED) is 0.0935. The fourth-order valence-electron chi connectivity index (χ4n) is 5.56. The van der Waals surface area contributed by atoms with Crippen LogP contribution in [0.5, 0.6) is 0 Å². The monoisotopic (exact) mass is 656 g/mol. The van der Waals surface area contributed by atoms with Crippen molar-refractivity contribution >= 4 is 11.9 Å². The third kappa shape index (κ3) is 12.3. The van der Waals surface area contributed by atoms with Gasteiger partial charge in [-0.05, 0) is 33.9 Å². The summed E-state index contributed by atoms with van der Waals surface area (Å²) < 4.78 is 17.7. The third-order valence-electron chi connectivity index (χ3n) is 7.88. The molecule has 0 saturated carbocycles. The van der Waals surface area contributed by atoms with Crippen molar-refractivity contribution in [3.05, 3.63) is 49.1 Å². The molecule has 8 N–H and O–H groups in total. The van der Waals surface area contributed by atoms with Crippen LogP contribution in [0, 0.1) is 5.92 Å². The molecule has 7 unspecified atom stereocenters. The summed E-state index contributed by atoms with van der Waals surface area (Å²) in [5.41, 5.74) is 0. The molecule has 2 rings (SSSR count). The van der Waals surface area contributed by atoms with E-state index in [1.54, 1.807) is 75.4 Å². The van der Waals surface area contributed by atoms with E-state index in [0.29, 0.717) is 6.42 Å². The zero-order valence-corrected chi connectivity index (χ0v) is 27.0. The second kappa shape index (κ2) is 18.7. The van der Waals surface area contributed by atoms with Crippen LogP contribution in [0.15, 0.2) is 49.1 Å². The highest BCUT2D eigenvalue weighted by molar-refractivity contribution is 5.78. The number of amides is 1. The number of aliphatic hydroxyl groups excluding tert-OH is 5. The van der Waals surface area contributed by atoms with E-state index in [1.807, 2.05) is 0 Å². The number of likely N-dealkylation sites (N-methyl/N-ethyl adjacent to an activating group) is 1. The standard InChI is InChI=1S/C32H52N2O12/c1-6-8-9-10-11-12-13-22(45-31-29(40)27(28(39)19(3)44-31)33-25(38)18-34(4)5)15-24-26(30(41)42)23(37)17-32(43,46-24)16-21(36)14-20(35)7-2/h6,8-13,19-24,26-29,31,35-37,39-40,43H,1,7,14-18H2,2-5H3,(H,33,38)(H,41,42)/b9-8+,11-10+,13-12+/t19-,20?,21?,22?,23?,24?,26?,27+,28-,29+,31+,32?/m1/s1. The van der Waals surface area contributed by atoms with Crippen molar-refractivity contribution in [2.24, 2.45) is 5.92 Å². The van der Waals surface area contributed by atoms with Gasteiger partial charge in [0.25, 0.3) is 0 Å². The maximum Gasteiger partial charge on any atom is 0.311 e. The highest BCUT2D eigenvalue weighted by atomic mass is 16.7. The van der Waals surface area contributed by atoms with E-state index in [4.69, 9.17) is 14.2 Å². The zero-order chi connectivity index (χ0) is 34.6. The lowest BCUT2D eigenvalue weighted by molar-refractivity contribution is -0.308. The van der Waals surface area contributed by atoms with Gasteiger partial charge in [0.15, 0.2) is 12.1 Å². The largest absolute Gasteiger partial charge is 0.481 e. The number of ether oxygens (including phenoxy) is 3. The normalized spacial score (nSPS) is 34.2. The minimum atomic E-state index is -2.12. The van der Waals surface area contributed by atoms with Crippen LogP contribution in [0.3, 0.4) is 0 Å². The molecule has 12 atom stereocenters. The highest BCUT2D eigenvalue weighted by Crippen LogP contribution is 2.38. The molecule has 0 aromatic carbocycles. The highest BCUT2D eigenvalue weighted by Gasteiger charge is 2.51. The van der Waals surface area contributed by atoms with E-state index < -0.39 is 97.6 Å². The number of carbonyl (C=O) groups is 2. The van der Waals surface area contributed by atoms with Crippen molar-refractivity contribution in [3.63, 3.8) is 0 Å². The molecule has 0 aromatic heterocycles. The predicted molar refractivity (Wildman–Crippen MR) is 167 cm³/mol. The van der Waals surface area contributed by atoms with Gasteiger partial charge in [0.1, 0.15) is 18.1 Å². The Kier molecular flexibility index (Phi) is 16.2. The van der Waals surface area contributed by atoms with Crippen molar-refractivity contribution in [2.45, 2.75) is 113 Å². The van der Waals surface area contributed by atoms with Crippen LogP contribution in [0.1, 0.15) is 46.0 Å². The van der Waals surface area contributed by atoms with Crippen LogP contribution < -0.4 is 5.32 Å². The van der Waals surface area contributed by atoms with E-state index in [-0.39, 0.29) is 19.4 Å². The Morgan fingerprint density at radius 1 is 1.09 bits per heavy atom. The van der Waals surface area contributed by atoms with Gasteiger partial charge in [-0.1, -0.05) is 56.0 Å². The lowest BCUT2D eigenvalue weighted by Crippen LogP contribution is -2.64. The molecular formula is C32H52N2O12. The first-order valence-corrected chi connectivity index (χ1v) is 15.5. The van der Waals surface area contributed by atoms with Gasteiger partial charge in [0, 0.05) is 19.3 Å². The van der Waals surface area contributed by atoms with Crippen molar-refractivity contribution in [1.29, 1.82) is 0 Å². The van der Waals surface area contributed by atoms with Crippen LogP contribution >= 0.6 is 0 Å². The van der Waals surface area contributed by atoms with Crippen LogP contribution in [-0.4, -0.2) is 140 Å². The van der Waals surface area contributed by atoms with Crippen molar-refractivity contribution in [3.8, 4) is 0 Å². The SMILES string of the molecule is C=C/C=C/C=C/C=C/C(CC1OC(O)(CC(O)CC(O)CC)CC(O)C1C(=O)O)O[C@@H]1O[C@H](C)[C@@H](O)[C@H](NC(=O)CN(C)C)[C@@H]1O.